The van der Waals surface area contributed by atoms with Crippen molar-refractivity contribution >= 4 is 6.03 Å². The van der Waals surface area contributed by atoms with Crippen molar-refractivity contribution in [1.82, 2.24) is 10.6 Å². The van der Waals surface area contributed by atoms with Crippen LogP contribution in [-0.2, 0) is 6.42 Å². The highest BCUT2D eigenvalue weighted by Gasteiger charge is 2.22. The average Bonchev–Trinajstić information content (AvgIpc) is 2.50. The highest BCUT2D eigenvalue weighted by atomic mass is 16.5. The maximum Gasteiger partial charge on any atom is 0.315 e. The van der Waals surface area contributed by atoms with Crippen LogP contribution in [0.4, 0.5) is 4.79 Å². The van der Waals surface area contributed by atoms with Gasteiger partial charge in [0.15, 0.2) is 0 Å². The molecule has 23 heavy (non-hydrogen) atoms. The van der Waals surface area contributed by atoms with Crippen molar-refractivity contribution in [3.63, 3.8) is 0 Å². The van der Waals surface area contributed by atoms with E-state index in [2.05, 4.69) is 10.6 Å². The maximum absolute atomic E-state index is 11.8. The molecule has 0 aliphatic carbocycles. The Balaban J connectivity index is 2.29. The summed E-state index contributed by atoms with van der Waals surface area (Å²) in [4.78, 5) is 11.8. The van der Waals surface area contributed by atoms with Gasteiger partial charge in [-0.15, -0.1) is 0 Å². The lowest BCUT2D eigenvalue weighted by Crippen LogP contribution is -2.46. The fourth-order valence-electron chi connectivity index (χ4n) is 2.02. The van der Waals surface area contributed by atoms with E-state index in [1.54, 1.807) is 7.11 Å². The summed E-state index contributed by atoms with van der Waals surface area (Å²) in [5.74, 6) is 0.844. The number of aliphatic hydroxyl groups excluding tert-OH is 1. The van der Waals surface area contributed by atoms with E-state index in [0.29, 0.717) is 0 Å². The summed E-state index contributed by atoms with van der Waals surface area (Å²) in [6.45, 7) is 8.04. The van der Waals surface area contributed by atoms with E-state index < -0.39 is 6.10 Å². The van der Waals surface area contributed by atoms with E-state index in [9.17, 15) is 9.90 Å². The molecule has 0 aromatic heterocycles. The molecule has 2 unspecified atom stereocenters. The largest absolute Gasteiger partial charge is 0.497 e. The quantitative estimate of drug-likeness (QED) is 0.723. The summed E-state index contributed by atoms with van der Waals surface area (Å²) in [7, 11) is 1.65. The number of urea groups is 1. The summed E-state index contributed by atoms with van der Waals surface area (Å²) in [5.41, 5.74) is 0.968. The smallest absolute Gasteiger partial charge is 0.315 e. The number of carbonyl (C=O) groups excluding carboxylic acids is 1. The van der Waals surface area contributed by atoms with Gasteiger partial charge in [-0.25, -0.2) is 4.79 Å². The van der Waals surface area contributed by atoms with E-state index in [1.807, 2.05) is 52.0 Å². The number of aryl methyl sites for hydroxylation is 1. The lowest BCUT2D eigenvalue weighted by molar-refractivity contribution is 0.0649. The van der Waals surface area contributed by atoms with Gasteiger partial charge >= 0.3 is 6.03 Å². The Labute approximate surface area is 139 Å². The van der Waals surface area contributed by atoms with E-state index in [4.69, 9.17) is 4.74 Å². The maximum atomic E-state index is 11.8. The SMILES string of the molecule is COc1ccc(CCC(C)NC(=O)NCC(O)C(C)(C)C)cc1. The lowest BCUT2D eigenvalue weighted by atomic mass is 9.89. The summed E-state index contributed by atoms with van der Waals surface area (Å²) in [5, 5.41) is 15.5. The normalized spacial score (nSPS) is 14.0. The number of benzene rings is 1. The topological polar surface area (TPSA) is 70.6 Å². The van der Waals surface area contributed by atoms with Gasteiger partial charge in [0.1, 0.15) is 5.75 Å². The predicted molar refractivity (Wildman–Crippen MR) is 92.8 cm³/mol. The first-order valence-corrected chi connectivity index (χ1v) is 8.07. The molecule has 1 aromatic carbocycles. The molecule has 130 valence electrons. The molecule has 3 N–H and O–H groups in total. The molecule has 5 heteroatoms. The number of rotatable bonds is 7. The van der Waals surface area contributed by atoms with Gasteiger partial charge in [0, 0.05) is 12.6 Å². The van der Waals surface area contributed by atoms with Gasteiger partial charge in [0.25, 0.3) is 0 Å². The molecule has 0 saturated heterocycles. The Morgan fingerprint density at radius 3 is 2.39 bits per heavy atom. The Kier molecular flexibility index (Phi) is 7.36. The number of carbonyl (C=O) groups is 1. The number of nitrogens with one attached hydrogen (secondary N) is 2. The molecule has 2 atom stereocenters. The van der Waals surface area contributed by atoms with Crippen molar-refractivity contribution in [3.05, 3.63) is 29.8 Å². The number of ether oxygens (including phenoxy) is 1. The third-order valence-electron chi connectivity index (χ3n) is 3.86. The first kappa shape index (κ1) is 19.3. The lowest BCUT2D eigenvalue weighted by Gasteiger charge is -2.26. The van der Waals surface area contributed by atoms with Crippen molar-refractivity contribution < 1.29 is 14.6 Å². The summed E-state index contributed by atoms with van der Waals surface area (Å²) >= 11 is 0. The average molecular weight is 322 g/mol. The van der Waals surface area contributed by atoms with Crippen LogP contribution in [0.25, 0.3) is 0 Å². The van der Waals surface area contributed by atoms with Gasteiger partial charge in [-0.1, -0.05) is 32.9 Å². The zero-order chi connectivity index (χ0) is 17.5. The highest BCUT2D eigenvalue weighted by molar-refractivity contribution is 5.74. The van der Waals surface area contributed by atoms with Gasteiger partial charge in [0.05, 0.1) is 13.2 Å². The fourth-order valence-corrected chi connectivity index (χ4v) is 2.02. The Hall–Kier alpha value is -1.75. The van der Waals surface area contributed by atoms with Gasteiger partial charge in [-0.3, -0.25) is 0 Å². The molecule has 0 aliphatic rings. The minimum Gasteiger partial charge on any atom is -0.497 e. The molecule has 0 saturated carbocycles. The molecule has 0 spiro atoms. The van der Waals surface area contributed by atoms with Crippen LogP contribution >= 0.6 is 0 Å². The number of aliphatic hydroxyl groups is 1. The van der Waals surface area contributed by atoms with Gasteiger partial charge in [-0.2, -0.15) is 0 Å². The first-order chi connectivity index (χ1) is 10.7. The Morgan fingerprint density at radius 2 is 1.87 bits per heavy atom. The summed E-state index contributed by atoms with van der Waals surface area (Å²) in [6.07, 6.45) is 1.17. The van der Waals surface area contributed by atoms with E-state index >= 15 is 0 Å². The molecular weight excluding hydrogens is 292 g/mol. The van der Waals surface area contributed by atoms with Crippen molar-refractivity contribution in [3.8, 4) is 5.75 Å². The molecule has 1 rings (SSSR count). The number of hydrogen-bond acceptors (Lipinski definition) is 3. The van der Waals surface area contributed by atoms with Crippen molar-refractivity contribution in [2.45, 2.75) is 52.7 Å². The molecule has 0 heterocycles. The standard InChI is InChI=1S/C18H30N2O3/c1-13(6-7-14-8-10-15(23-5)11-9-14)20-17(22)19-12-16(21)18(2,3)4/h8-11,13,16,21H,6-7,12H2,1-5H3,(H2,19,20,22). The van der Waals surface area contributed by atoms with Crippen LogP contribution in [0.3, 0.4) is 0 Å². The zero-order valence-electron chi connectivity index (χ0n) is 14.8. The minimum absolute atomic E-state index is 0.0591. The first-order valence-electron chi connectivity index (χ1n) is 8.07. The summed E-state index contributed by atoms with van der Waals surface area (Å²) in [6, 6.07) is 7.76. The van der Waals surface area contributed by atoms with Gasteiger partial charge < -0.3 is 20.5 Å². The molecule has 1 aromatic rings. The minimum atomic E-state index is -0.567. The molecule has 5 nitrogen and oxygen atoms in total. The van der Waals surface area contributed by atoms with E-state index in [-0.39, 0.29) is 24.0 Å². The van der Waals surface area contributed by atoms with Crippen molar-refractivity contribution in [2.24, 2.45) is 5.41 Å². The van der Waals surface area contributed by atoms with Gasteiger partial charge in [-0.05, 0) is 42.9 Å². The molecule has 0 aliphatic heterocycles. The predicted octanol–water partition coefficient (Wildman–Crippen LogP) is 2.72. The third-order valence-corrected chi connectivity index (χ3v) is 3.86. The van der Waals surface area contributed by atoms with Gasteiger partial charge in [0.2, 0.25) is 0 Å². The number of hydrogen-bond donors (Lipinski definition) is 3. The second-order valence-corrected chi connectivity index (χ2v) is 7.02. The zero-order valence-corrected chi connectivity index (χ0v) is 14.8. The van der Waals surface area contributed by atoms with Crippen LogP contribution in [-0.4, -0.2) is 36.9 Å². The fraction of sp³-hybridized carbons (Fsp3) is 0.611. The highest BCUT2D eigenvalue weighted by Crippen LogP contribution is 2.18. The summed E-state index contributed by atoms with van der Waals surface area (Å²) < 4.78 is 5.13. The van der Waals surface area contributed by atoms with Crippen molar-refractivity contribution in [1.29, 1.82) is 0 Å². The third kappa shape index (κ3) is 7.37. The van der Waals surface area contributed by atoms with Crippen LogP contribution in [0.1, 0.15) is 39.7 Å². The van der Waals surface area contributed by atoms with Crippen LogP contribution in [0.15, 0.2) is 24.3 Å². The van der Waals surface area contributed by atoms with Crippen LogP contribution < -0.4 is 15.4 Å². The second kappa shape index (κ2) is 8.77. The van der Waals surface area contributed by atoms with Crippen molar-refractivity contribution in [2.75, 3.05) is 13.7 Å². The van der Waals surface area contributed by atoms with E-state index in [0.717, 1.165) is 18.6 Å². The number of amides is 2. The van der Waals surface area contributed by atoms with E-state index in [1.165, 1.54) is 5.56 Å². The monoisotopic (exact) mass is 322 g/mol. The van der Waals surface area contributed by atoms with Crippen LogP contribution in [0, 0.1) is 5.41 Å². The molecule has 2 amide bonds. The molecular formula is C18H30N2O3. The second-order valence-electron chi connectivity index (χ2n) is 7.02. The molecule has 0 bridgehead atoms. The van der Waals surface area contributed by atoms with Crippen LogP contribution in [0.2, 0.25) is 0 Å². The molecule has 0 radical (unpaired) electrons. The Bertz CT molecular complexity index is 480. The Morgan fingerprint density at radius 1 is 1.26 bits per heavy atom. The number of methoxy groups -OCH3 is 1. The molecule has 0 fully saturated rings. The van der Waals surface area contributed by atoms with Crippen LogP contribution in [0.5, 0.6) is 5.75 Å².